The zero-order chi connectivity index (χ0) is 19.9. The Kier molecular flexibility index (Phi) is 6.78. The Balaban J connectivity index is 1.50. The van der Waals surface area contributed by atoms with Crippen LogP contribution < -0.4 is 10.6 Å². The second-order valence-electron chi connectivity index (χ2n) is 6.08. The maximum absolute atomic E-state index is 12.2. The minimum absolute atomic E-state index is 0.116. The molecule has 0 saturated carbocycles. The third-order valence-corrected chi connectivity index (χ3v) is 5.85. The lowest BCUT2D eigenvalue weighted by atomic mass is 10.1. The number of benzene rings is 2. The number of nitrogens with zero attached hydrogens (tertiary/aromatic N) is 2. The second kappa shape index (κ2) is 9.48. The van der Waals surface area contributed by atoms with Crippen LogP contribution >= 0.6 is 23.1 Å². The van der Waals surface area contributed by atoms with E-state index in [1.807, 2.05) is 49.4 Å². The number of hydrogen-bond acceptors (Lipinski definition) is 6. The molecule has 8 heteroatoms. The van der Waals surface area contributed by atoms with Crippen LogP contribution in [0, 0.1) is 6.92 Å². The van der Waals surface area contributed by atoms with E-state index in [4.69, 9.17) is 0 Å². The predicted octanol–water partition coefficient (Wildman–Crippen LogP) is 4.39. The fraction of sp³-hybridized carbons (Fsp3) is 0.200. The topological polar surface area (TPSA) is 84.0 Å². The summed E-state index contributed by atoms with van der Waals surface area (Å²) in [6.07, 6.45) is 0.962. The highest BCUT2D eigenvalue weighted by molar-refractivity contribution is 8.01. The molecule has 28 heavy (non-hydrogen) atoms. The monoisotopic (exact) mass is 412 g/mol. The first-order valence-electron chi connectivity index (χ1n) is 8.76. The number of aromatic nitrogens is 2. The van der Waals surface area contributed by atoms with Crippen molar-refractivity contribution in [3.05, 3.63) is 65.2 Å². The third kappa shape index (κ3) is 5.64. The van der Waals surface area contributed by atoms with Crippen molar-refractivity contribution in [1.29, 1.82) is 0 Å². The van der Waals surface area contributed by atoms with Crippen LogP contribution in [-0.4, -0.2) is 27.8 Å². The molecule has 3 aromatic rings. The quantitative estimate of drug-likeness (QED) is 0.444. The van der Waals surface area contributed by atoms with E-state index >= 15 is 0 Å². The van der Waals surface area contributed by atoms with E-state index in [2.05, 4.69) is 27.8 Å². The van der Waals surface area contributed by atoms with E-state index in [1.165, 1.54) is 28.7 Å². The molecule has 0 unspecified atom stereocenters. The smallest absolute Gasteiger partial charge is 0.257 e. The largest absolute Gasteiger partial charge is 0.325 e. The molecule has 0 bridgehead atoms. The summed E-state index contributed by atoms with van der Waals surface area (Å²) in [7, 11) is 0. The summed E-state index contributed by atoms with van der Waals surface area (Å²) in [5, 5.41) is 14.0. The highest BCUT2D eigenvalue weighted by Crippen LogP contribution is 2.26. The Morgan fingerprint density at radius 3 is 2.57 bits per heavy atom. The lowest BCUT2D eigenvalue weighted by molar-refractivity contribution is -0.113. The Labute approximate surface area is 171 Å². The highest BCUT2D eigenvalue weighted by atomic mass is 32.2. The van der Waals surface area contributed by atoms with E-state index in [1.54, 1.807) is 6.07 Å². The number of nitrogens with one attached hydrogen (secondary N) is 2. The number of thioether (sulfide) groups is 1. The fourth-order valence-corrected chi connectivity index (χ4v) is 3.97. The van der Waals surface area contributed by atoms with Crippen LogP contribution in [0.15, 0.2) is 52.9 Å². The van der Waals surface area contributed by atoms with E-state index in [-0.39, 0.29) is 17.6 Å². The minimum atomic E-state index is -0.232. The molecule has 0 spiro atoms. The molecule has 0 aliphatic rings. The molecule has 2 N–H and O–H groups in total. The minimum Gasteiger partial charge on any atom is -0.325 e. The number of carbonyl (C=O) groups is 2. The van der Waals surface area contributed by atoms with Crippen molar-refractivity contribution >= 4 is 45.7 Å². The first-order valence-corrected chi connectivity index (χ1v) is 10.6. The van der Waals surface area contributed by atoms with E-state index in [0.717, 1.165) is 17.7 Å². The van der Waals surface area contributed by atoms with Gasteiger partial charge in [-0.25, -0.2) is 0 Å². The lowest BCUT2D eigenvalue weighted by Gasteiger charge is -2.05. The Bertz CT molecular complexity index is 970. The van der Waals surface area contributed by atoms with Crippen molar-refractivity contribution in [3.63, 3.8) is 0 Å². The molecular formula is C20H20N4O2S2. The summed E-state index contributed by atoms with van der Waals surface area (Å²) in [6, 6.07) is 15.1. The van der Waals surface area contributed by atoms with Crippen molar-refractivity contribution in [3.8, 4) is 0 Å². The van der Waals surface area contributed by atoms with Crippen LogP contribution in [0.1, 0.15) is 28.4 Å². The Morgan fingerprint density at radius 2 is 1.86 bits per heavy atom. The molecular weight excluding hydrogens is 392 g/mol. The summed E-state index contributed by atoms with van der Waals surface area (Å²) in [5.74, 6) is -0.129. The summed E-state index contributed by atoms with van der Waals surface area (Å²) in [4.78, 5) is 24.3. The molecule has 2 amide bonds. The second-order valence-corrected chi connectivity index (χ2v) is 8.28. The normalized spacial score (nSPS) is 10.5. The van der Waals surface area contributed by atoms with Gasteiger partial charge in [0.25, 0.3) is 5.91 Å². The lowest BCUT2D eigenvalue weighted by Crippen LogP contribution is -2.13. The molecule has 0 radical (unpaired) electrons. The third-order valence-electron chi connectivity index (χ3n) is 3.88. The van der Waals surface area contributed by atoms with Crippen LogP contribution in [0.2, 0.25) is 0 Å². The van der Waals surface area contributed by atoms with Crippen molar-refractivity contribution < 1.29 is 9.59 Å². The Morgan fingerprint density at radius 1 is 1.07 bits per heavy atom. The SMILES string of the molecule is CCc1ccc(NC(=O)CSc2nnc(NC(=O)c3cccc(C)c3)s2)cc1. The number of carbonyl (C=O) groups excluding carboxylic acids is 2. The number of anilines is 2. The number of aryl methyl sites for hydroxylation is 2. The van der Waals surface area contributed by atoms with E-state index < -0.39 is 0 Å². The standard InChI is InChI=1S/C20H20N4O2S2/c1-3-14-7-9-16(10-8-14)21-17(25)12-27-20-24-23-19(28-20)22-18(26)15-6-4-5-13(2)11-15/h4-11H,3,12H2,1-2H3,(H,21,25)(H,22,23,26). The molecule has 1 heterocycles. The molecule has 0 aliphatic heterocycles. The molecule has 0 saturated heterocycles. The van der Waals surface area contributed by atoms with Gasteiger partial charge in [-0.2, -0.15) is 0 Å². The first-order chi connectivity index (χ1) is 13.5. The highest BCUT2D eigenvalue weighted by Gasteiger charge is 2.12. The molecule has 0 aliphatic carbocycles. The van der Waals surface area contributed by atoms with Gasteiger partial charge < -0.3 is 5.32 Å². The van der Waals surface area contributed by atoms with Crippen LogP contribution in [0.5, 0.6) is 0 Å². The fourth-order valence-electron chi connectivity index (χ4n) is 2.42. The summed E-state index contributed by atoms with van der Waals surface area (Å²) < 4.78 is 0.621. The maximum atomic E-state index is 12.2. The van der Waals surface area contributed by atoms with Gasteiger partial charge in [0, 0.05) is 11.3 Å². The van der Waals surface area contributed by atoms with Gasteiger partial charge >= 0.3 is 0 Å². The van der Waals surface area contributed by atoms with Crippen molar-refractivity contribution in [2.75, 3.05) is 16.4 Å². The zero-order valence-corrected chi connectivity index (χ0v) is 17.2. The van der Waals surface area contributed by atoms with Gasteiger partial charge in [0.05, 0.1) is 5.75 Å². The molecule has 1 aromatic heterocycles. The molecule has 3 rings (SSSR count). The summed E-state index contributed by atoms with van der Waals surface area (Å²) in [6.45, 7) is 4.02. The van der Waals surface area contributed by atoms with Gasteiger partial charge in [0.2, 0.25) is 11.0 Å². The maximum Gasteiger partial charge on any atom is 0.257 e. The van der Waals surface area contributed by atoms with Gasteiger partial charge in [-0.1, -0.05) is 59.9 Å². The van der Waals surface area contributed by atoms with Crippen LogP contribution in [-0.2, 0) is 11.2 Å². The van der Waals surface area contributed by atoms with Crippen LogP contribution in [0.3, 0.4) is 0 Å². The average Bonchev–Trinajstić information content (AvgIpc) is 3.14. The number of rotatable bonds is 7. The van der Waals surface area contributed by atoms with Crippen LogP contribution in [0.25, 0.3) is 0 Å². The zero-order valence-electron chi connectivity index (χ0n) is 15.6. The van der Waals surface area contributed by atoms with Gasteiger partial charge in [-0.15, -0.1) is 10.2 Å². The van der Waals surface area contributed by atoms with Gasteiger partial charge in [0.15, 0.2) is 4.34 Å². The average molecular weight is 413 g/mol. The van der Waals surface area contributed by atoms with Crippen molar-refractivity contribution in [2.45, 2.75) is 24.6 Å². The van der Waals surface area contributed by atoms with Crippen molar-refractivity contribution in [1.82, 2.24) is 10.2 Å². The van der Waals surface area contributed by atoms with Gasteiger partial charge in [0.1, 0.15) is 0 Å². The van der Waals surface area contributed by atoms with Gasteiger partial charge in [-0.3, -0.25) is 14.9 Å². The summed E-state index contributed by atoms with van der Waals surface area (Å²) in [5.41, 5.74) is 3.57. The summed E-state index contributed by atoms with van der Waals surface area (Å²) >= 11 is 2.53. The van der Waals surface area contributed by atoms with E-state index in [9.17, 15) is 9.59 Å². The van der Waals surface area contributed by atoms with Crippen molar-refractivity contribution in [2.24, 2.45) is 0 Å². The first kappa shape index (κ1) is 20.0. The predicted molar refractivity (Wildman–Crippen MR) is 114 cm³/mol. The van der Waals surface area contributed by atoms with Gasteiger partial charge in [-0.05, 0) is 43.2 Å². The molecule has 0 atom stereocenters. The molecule has 0 fully saturated rings. The number of amides is 2. The molecule has 144 valence electrons. The Hall–Kier alpha value is -2.71. The number of hydrogen-bond donors (Lipinski definition) is 2. The molecule has 2 aromatic carbocycles. The molecule has 6 nitrogen and oxygen atoms in total. The van der Waals surface area contributed by atoms with Crippen LogP contribution in [0.4, 0.5) is 10.8 Å². The van der Waals surface area contributed by atoms with E-state index in [0.29, 0.717) is 15.0 Å².